The lowest BCUT2D eigenvalue weighted by Crippen LogP contribution is -2.63. The molecule has 0 aromatic carbocycles. The Hall–Kier alpha value is -1.82. The number of nitrogens with zero attached hydrogens (tertiary/aromatic N) is 2. The highest BCUT2D eigenvalue weighted by atomic mass is 35.5. The van der Waals surface area contributed by atoms with Crippen molar-refractivity contribution in [3.05, 3.63) is 22.8 Å². The highest BCUT2D eigenvalue weighted by Gasteiger charge is 2.40. The third-order valence-electron chi connectivity index (χ3n) is 3.16. The predicted octanol–water partition coefficient (Wildman–Crippen LogP) is 0.668. The van der Waals surface area contributed by atoms with Crippen LogP contribution in [0.3, 0.4) is 0 Å². The van der Waals surface area contributed by atoms with Gasteiger partial charge in [0.15, 0.2) is 0 Å². The molecule has 1 saturated heterocycles. The van der Waals surface area contributed by atoms with Crippen molar-refractivity contribution in [2.45, 2.75) is 19.4 Å². The van der Waals surface area contributed by atoms with E-state index >= 15 is 0 Å². The summed E-state index contributed by atoms with van der Waals surface area (Å²) in [5.41, 5.74) is 5.01. The lowest BCUT2D eigenvalue weighted by atomic mass is 9.97. The normalized spacial score (nSPS) is 18.1. The van der Waals surface area contributed by atoms with Crippen molar-refractivity contribution in [2.24, 2.45) is 0 Å². The number of nitrogens with two attached hydrogens (primary N) is 1. The van der Waals surface area contributed by atoms with Crippen molar-refractivity contribution in [1.29, 1.82) is 0 Å². The van der Waals surface area contributed by atoms with Gasteiger partial charge in [0, 0.05) is 18.7 Å². The standard InChI is InChI=1S/C12H15ClN4O2/c1-12(2)11(19)15-3-4-17(12)10(18)7-5-8(13)16-9(14)6-7/h5-6H,3-4H2,1-2H3,(H2,14,16)(H,15,19). The van der Waals surface area contributed by atoms with Crippen LogP contribution in [0.2, 0.25) is 5.15 Å². The van der Waals surface area contributed by atoms with E-state index in [1.54, 1.807) is 13.8 Å². The number of rotatable bonds is 1. The summed E-state index contributed by atoms with van der Waals surface area (Å²) in [6.07, 6.45) is 0. The molecule has 1 fully saturated rings. The van der Waals surface area contributed by atoms with E-state index in [4.69, 9.17) is 17.3 Å². The highest BCUT2D eigenvalue weighted by Crippen LogP contribution is 2.22. The lowest BCUT2D eigenvalue weighted by Gasteiger charge is -2.41. The minimum absolute atomic E-state index is 0.155. The van der Waals surface area contributed by atoms with Crippen LogP contribution in [0.25, 0.3) is 0 Å². The van der Waals surface area contributed by atoms with Gasteiger partial charge in [-0.1, -0.05) is 11.6 Å². The van der Waals surface area contributed by atoms with E-state index in [0.29, 0.717) is 18.7 Å². The van der Waals surface area contributed by atoms with Gasteiger partial charge in [0.1, 0.15) is 16.5 Å². The molecule has 0 bridgehead atoms. The number of amides is 2. The average Bonchev–Trinajstić information content (AvgIpc) is 2.30. The number of hydrogen-bond acceptors (Lipinski definition) is 4. The Kier molecular flexibility index (Phi) is 3.36. The number of halogens is 1. The summed E-state index contributed by atoms with van der Waals surface area (Å²) in [6.45, 7) is 4.27. The first kappa shape index (κ1) is 13.6. The second kappa shape index (κ2) is 4.70. The van der Waals surface area contributed by atoms with E-state index < -0.39 is 5.54 Å². The SMILES string of the molecule is CC1(C)C(=O)NCCN1C(=O)c1cc(N)nc(Cl)c1. The van der Waals surface area contributed by atoms with Crippen molar-refractivity contribution < 1.29 is 9.59 Å². The number of anilines is 1. The van der Waals surface area contributed by atoms with Crippen LogP contribution < -0.4 is 11.1 Å². The molecule has 0 spiro atoms. The molecular formula is C12H15ClN4O2. The van der Waals surface area contributed by atoms with Gasteiger partial charge in [0.2, 0.25) is 5.91 Å². The second-order valence-corrected chi connectivity index (χ2v) is 5.26. The minimum Gasteiger partial charge on any atom is -0.384 e. The molecule has 0 atom stereocenters. The summed E-state index contributed by atoms with van der Waals surface area (Å²) < 4.78 is 0. The summed E-state index contributed by atoms with van der Waals surface area (Å²) in [5, 5.41) is 2.89. The topological polar surface area (TPSA) is 88.3 Å². The number of carbonyl (C=O) groups is 2. The van der Waals surface area contributed by atoms with Gasteiger partial charge in [-0.15, -0.1) is 0 Å². The van der Waals surface area contributed by atoms with Gasteiger partial charge < -0.3 is 16.0 Å². The van der Waals surface area contributed by atoms with Crippen LogP contribution in [0.4, 0.5) is 5.82 Å². The maximum Gasteiger partial charge on any atom is 0.255 e. The number of carbonyl (C=O) groups excluding carboxylic acids is 2. The van der Waals surface area contributed by atoms with Crippen LogP contribution in [0.5, 0.6) is 0 Å². The Bertz CT molecular complexity index is 524. The number of pyridine rings is 1. The molecule has 1 aliphatic rings. The molecule has 102 valence electrons. The van der Waals surface area contributed by atoms with Gasteiger partial charge in [-0.2, -0.15) is 0 Å². The predicted molar refractivity (Wildman–Crippen MR) is 71.8 cm³/mol. The van der Waals surface area contributed by atoms with Crippen LogP contribution in [0.1, 0.15) is 24.2 Å². The van der Waals surface area contributed by atoms with Crippen LogP contribution in [-0.4, -0.2) is 40.3 Å². The Morgan fingerprint density at radius 3 is 2.84 bits per heavy atom. The molecule has 0 radical (unpaired) electrons. The molecule has 0 saturated carbocycles. The molecule has 3 N–H and O–H groups in total. The monoisotopic (exact) mass is 282 g/mol. The van der Waals surface area contributed by atoms with Crippen LogP contribution in [0.15, 0.2) is 12.1 Å². The zero-order valence-corrected chi connectivity index (χ0v) is 11.5. The molecule has 19 heavy (non-hydrogen) atoms. The minimum atomic E-state index is -0.903. The highest BCUT2D eigenvalue weighted by molar-refractivity contribution is 6.29. The van der Waals surface area contributed by atoms with Gasteiger partial charge in [0.05, 0.1) is 0 Å². The Labute approximate surface area is 115 Å². The zero-order chi connectivity index (χ0) is 14.2. The number of hydrogen-bond donors (Lipinski definition) is 2. The second-order valence-electron chi connectivity index (χ2n) is 4.88. The van der Waals surface area contributed by atoms with E-state index in [1.807, 2.05) is 0 Å². The Morgan fingerprint density at radius 2 is 2.21 bits per heavy atom. The summed E-state index contributed by atoms with van der Waals surface area (Å²) in [7, 11) is 0. The van der Waals surface area contributed by atoms with E-state index in [2.05, 4.69) is 10.3 Å². The van der Waals surface area contributed by atoms with Gasteiger partial charge >= 0.3 is 0 Å². The van der Waals surface area contributed by atoms with Crippen molar-refractivity contribution in [1.82, 2.24) is 15.2 Å². The molecule has 0 aliphatic carbocycles. The van der Waals surface area contributed by atoms with Gasteiger partial charge in [-0.05, 0) is 26.0 Å². The molecule has 2 heterocycles. The van der Waals surface area contributed by atoms with Crippen molar-refractivity contribution in [3.8, 4) is 0 Å². The third-order valence-corrected chi connectivity index (χ3v) is 3.35. The first-order valence-corrected chi connectivity index (χ1v) is 6.23. The summed E-state index contributed by atoms with van der Waals surface area (Å²) in [6, 6.07) is 2.90. The summed E-state index contributed by atoms with van der Waals surface area (Å²) in [5.74, 6) is -0.286. The van der Waals surface area contributed by atoms with Crippen LogP contribution in [-0.2, 0) is 4.79 Å². The lowest BCUT2D eigenvalue weighted by molar-refractivity contribution is -0.133. The molecule has 1 aromatic heterocycles. The van der Waals surface area contributed by atoms with E-state index in [9.17, 15) is 9.59 Å². The third kappa shape index (κ3) is 2.49. The van der Waals surface area contributed by atoms with E-state index in [-0.39, 0.29) is 22.8 Å². The molecule has 1 aromatic rings. The number of nitrogen functional groups attached to an aromatic ring is 1. The smallest absolute Gasteiger partial charge is 0.255 e. The quantitative estimate of drug-likeness (QED) is 0.741. The van der Waals surface area contributed by atoms with Crippen molar-refractivity contribution in [2.75, 3.05) is 18.8 Å². The van der Waals surface area contributed by atoms with Gasteiger partial charge in [-0.3, -0.25) is 9.59 Å². The first-order chi connectivity index (χ1) is 8.82. The Balaban J connectivity index is 2.35. The molecule has 6 nitrogen and oxygen atoms in total. The molecule has 0 unspecified atom stereocenters. The maximum atomic E-state index is 12.5. The fourth-order valence-electron chi connectivity index (χ4n) is 2.05. The molecule has 1 aliphatic heterocycles. The van der Waals surface area contributed by atoms with Gasteiger partial charge in [0.25, 0.3) is 5.91 Å². The maximum absolute atomic E-state index is 12.5. The summed E-state index contributed by atoms with van der Waals surface area (Å²) in [4.78, 5) is 29.6. The fourth-order valence-corrected chi connectivity index (χ4v) is 2.27. The van der Waals surface area contributed by atoms with Crippen molar-refractivity contribution >= 4 is 29.2 Å². The van der Waals surface area contributed by atoms with Crippen LogP contribution >= 0.6 is 11.6 Å². The molecule has 2 rings (SSSR count). The first-order valence-electron chi connectivity index (χ1n) is 5.85. The summed E-state index contributed by atoms with van der Waals surface area (Å²) >= 11 is 5.79. The molecule has 2 amide bonds. The molecular weight excluding hydrogens is 268 g/mol. The fraction of sp³-hybridized carbons (Fsp3) is 0.417. The van der Waals surface area contributed by atoms with E-state index in [0.717, 1.165) is 0 Å². The number of aromatic nitrogens is 1. The Morgan fingerprint density at radius 1 is 1.53 bits per heavy atom. The van der Waals surface area contributed by atoms with Crippen molar-refractivity contribution in [3.63, 3.8) is 0 Å². The molecule has 7 heteroatoms. The largest absolute Gasteiger partial charge is 0.384 e. The zero-order valence-electron chi connectivity index (χ0n) is 10.7. The number of piperazine rings is 1. The number of nitrogens with one attached hydrogen (secondary N) is 1. The van der Waals surface area contributed by atoms with E-state index in [1.165, 1.54) is 17.0 Å². The van der Waals surface area contributed by atoms with Gasteiger partial charge in [-0.25, -0.2) is 4.98 Å². The van der Waals surface area contributed by atoms with Crippen LogP contribution in [0, 0.1) is 0 Å². The average molecular weight is 283 g/mol.